The molecule has 0 unspecified atom stereocenters. The lowest BCUT2D eigenvalue weighted by Gasteiger charge is -2.32. The second-order valence-electron chi connectivity index (χ2n) is 13.1. The van der Waals surface area contributed by atoms with Crippen molar-refractivity contribution in [3.05, 3.63) is 93.3 Å². The number of ether oxygens (including phenoxy) is 1. The number of hydrogen-bond donors (Lipinski definition) is 1. The first-order chi connectivity index (χ1) is 22.8. The largest absolute Gasteiger partial charge is 0.461 e. The van der Waals surface area contributed by atoms with Gasteiger partial charge in [-0.3, -0.25) is 14.4 Å². The molecule has 1 aliphatic carbocycles. The van der Waals surface area contributed by atoms with E-state index in [0.717, 1.165) is 68.4 Å². The van der Waals surface area contributed by atoms with E-state index in [0.29, 0.717) is 41.8 Å². The lowest BCUT2D eigenvalue weighted by Crippen LogP contribution is -2.41. The number of hydrogen-bond acceptors (Lipinski definition) is 7. The molecule has 7 rings (SSSR count). The van der Waals surface area contributed by atoms with Crippen LogP contribution in [0.5, 0.6) is 0 Å². The summed E-state index contributed by atoms with van der Waals surface area (Å²) < 4.78 is 9.30. The number of aromatic nitrogens is 3. The van der Waals surface area contributed by atoms with Crippen LogP contribution < -0.4 is 15.8 Å². The summed E-state index contributed by atoms with van der Waals surface area (Å²) in [5, 5.41) is 3.24. The van der Waals surface area contributed by atoms with E-state index in [1.165, 1.54) is 28.3 Å². The predicted octanol–water partition coefficient (Wildman–Crippen LogP) is 5.40. The molecule has 5 heterocycles. The number of rotatable bonds is 7. The van der Waals surface area contributed by atoms with Gasteiger partial charge in [-0.1, -0.05) is 18.2 Å². The maximum Gasteiger partial charge on any atom is 0.302 e. The van der Waals surface area contributed by atoms with Gasteiger partial charge in [0.25, 0.3) is 11.5 Å². The van der Waals surface area contributed by atoms with Gasteiger partial charge < -0.3 is 29.0 Å². The van der Waals surface area contributed by atoms with Crippen LogP contribution in [0.2, 0.25) is 0 Å². The molecule has 3 aliphatic rings. The standard InChI is InChI=1S/C37H42N6O4/c1-24(44)47-23-30-29(8-6-10-33(30)43-18-17-42-32-9-5-4-7-26(32)20-34(42)37(43)46)28-19-31(36(45)41(3)22-28)39-35-12-11-27(21-38-35)25-13-15-40(2)16-14-25/h6,8,10-12,19-22,25H,4-5,7,9,13-18,23H2,1-3H3,(H,38,39). The Labute approximate surface area is 275 Å². The van der Waals surface area contributed by atoms with Crippen molar-refractivity contribution in [1.29, 1.82) is 0 Å². The van der Waals surface area contributed by atoms with Gasteiger partial charge in [0, 0.05) is 56.3 Å². The molecule has 10 nitrogen and oxygen atoms in total. The number of amides is 1. The molecule has 10 heteroatoms. The predicted molar refractivity (Wildman–Crippen MR) is 182 cm³/mol. The van der Waals surface area contributed by atoms with Crippen molar-refractivity contribution in [3.63, 3.8) is 0 Å². The fourth-order valence-corrected chi connectivity index (χ4v) is 7.44. The Hall–Kier alpha value is -4.70. The minimum absolute atomic E-state index is 0.00624. The summed E-state index contributed by atoms with van der Waals surface area (Å²) in [6, 6.07) is 13.7. The summed E-state index contributed by atoms with van der Waals surface area (Å²) in [5.74, 6) is 0.627. The van der Waals surface area contributed by atoms with Crippen molar-refractivity contribution in [3.8, 4) is 11.1 Å². The third-order valence-corrected chi connectivity index (χ3v) is 10.0. The van der Waals surface area contributed by atoms with E-state index in [1.807, 2.05) is 36.5 Å². The molecule has 0 atom stereocenters. The minimum atomic E-state index is -0.408. The number of likely N-dealkylation sites (tertiary alicyclic amines) is 1. The molecule has 244 valence electrons. The number of esters is 1. The zero-order valence-corrected chi connectivity index (χ0v) is 27.4. The average molecular weight is 635 g/mol. The summed E-state index contributed by atoms with van der Waals surface area (Å²) in [6.07, 6.45) is 10.2. The van der Waals surface area contributed by atoms with E-state index in [-0.39, 0.29) is 18.1 Å². The molecule has 1 aromatic carbocycles. The summed E-state index contributed by atoms with van der Waals surface area (Å²) in [7, 11) is 3.87. The molecule has 4 aromatic rings. The number of benzene rings is 1. The quantitative estimate of drug-likeness (QED) is 0.272. The van der Waals surface area contributed by atoms with Crippen molar-refractivity contribution < 1.29 is 14.3 Å². The maximum atomic E-state index is 14.0. The fourth-order valence-electron chi connectivity index (χ4n) is 7.44. The molecule has 0 saturated carbocycles. The lowest BCUT2D eigenvalue weighted by molar-refractivity contribution is -0.142. The number of nitrogens with one attached hydrogen (secondary N) is 1. The van der Waals surface area contributed by atoms with Gasteiger partial charge in [0.05, 0.1) is 5.69 Å². The van der Waals surface area contributed by atoms with Crippen molar-refractivity contribution in [2.45, 2.75) is 64.5 Å². The van der Waals surface area contributed by atoms with Crippen molar-refractivity contribution >= 4 is 29.1 Å². The zero-order chi connectivity index (χ0) is 32.7. The highest BCUT2D eigenvalue weighted by Gasteiger charge is 2.32. The first kappa shape index (κ1) is 30.9. The van der Waals surface area contributed by atoms with E-state index in [4.69, 9.17) is 4.74 Å². The summed E-state index contributed by atoms with van der Waals surface area (Å²) in [4.78, 5) is 48.1. The Bertz CT molecular complexity index is 1880. The number of pyridine rings is 2. The third kappa shape index (κ3) is 6.10. The van der Waals surface area contributed by atoms with Gasteiger partial charge in [0.1, 0.15) is 23.8 Å². The second-order valence-corrected chi connectivity index (χ2v) is 13.1. The van der Waals surface area contributed by atoms with Crippen LogP contribution in [0.25, 0.3) is 11.1 Å². The van der Waals surface area contributed by atoms with Crippen LogP contribution in [-0.2, 0) is 42.6 Å². The van der Waals surface area contributed by atoms with E-state index in [2.05, 4.69) is 38.9 Å². The molecule has 2 aliphatic heterocycles. The van der Waals surface area contributed by atoms with E-state index < -0.39 is 5.97 Å². The van der Waals surface area contributed by atoms with Gasteiger partial charge in [-0.05, 0) is 106 Å². The smallest absolute Gasteiger partial charge is 0.302 e. The molecule has 1 fully saturated rings. The Morgan fingerprint density at radius 2 is 1.81 bits per heavy atom. The van der Waals surface area contributed by atoms with E-state index in [9.17, 15) is 14.4 Å². The molecular formula is C37H42N6O4. The Morgan fingerprint density at radius 3 is 2.57 bits per heavy atom. The molecule has 0 bridgehead atoms. The molecule has 1 saturated heterocycles. The summed E-state index contributed by atoms with van der Waals surface area (Å²) in [6.45, 7) is 4.76. The number of fused-ring (bicyclic) bond motifs is 3. The average Bonchev–Trinajstić information content (AvgIpc) is 3.46. The van der Waals surface area contributed by atoms with Gasteiger partial charge in [0.2, 0.25) is 0 Å². The zero-order valence-electron chi connectivity index (χ0n) is 27.4. The molecular weight excluding hydrogens is 592 g/mol. The minimum Gasteiger partial charge on any atom is -0.461 e. The Kier molecular flexibility index (Phi) is 8.44. The molecule has 1 amide bonds. The van der Waals surface area contributed by atoms with Crippen molar-refractivity contribution in [2.24, 2.45) is 7.05 Å². The highest BCUT2D eigenvalue weighted by atomic mass is 16.5. The van der Waals surface area contributed by atoms with Gasteiger partial charge in [-0.2, -0.15) is 0 Å². The topological polar surface area (TPSA) is 102 Å². The van der Waals surface area contributed by atoms with Crippen LogP contribution in [-0.4, -0.2) is 57.6 Å². The highest BCUT2D eigenvalue weighted by molar-refractivity contribution is 6.07. The van der Waals surface area contributed by atoms with E-state index >= 15 is 0 Å². The van der Waals surface area contributed by atoms with Crippen LogP contribution in [0.15, 0.2) is 59.7 Å². The second kappa shape index (κ2) is 12.8. The van der Waals surface area contributed by atoms with Gasteiger partial charge in [0.15, 0.2) is 0 Å². The molecule has 1 N–H and O–H groups in total. The van der Waals surface area contributed by atoms with Gasteiger partial charge in [-0.15, -0.1) is 0 Å². The summed E-state index contributed by atoms with van der Waals surface area (Å²) >= 11 is 0. The van der Waals surface area contributed by atoms with Crippen molar-refractivity contribution in [1.82, 2.24) is 19.0 Å². The molecule has 3 aromatic heterocycles. The number of carbonyl (C=O) groups excluding carboxylic acids is 2. The lowest BCUT2D eigenvalue weighted by atomic mass is 9.91. The number of piperidine rings is 1. The molecule has 0 spiro atoms. The fraction of sp³-hybridized carbons (Fsp3) is 0.405. The van der Waals surface area contributed by atoms with Gasteiger partial charge in [-0.25, -0.2) is 4.98 Å². The van der Waals surface area contributed by atoms with Crippen molar-refractivity contribution in [2.75, 3.05) is 36.9 Å². The normalized spacial score (nSPS) is 16.9. The number of nitrogens with zero attached hydrogens (tertiary/aromatic N) is 5. The molecule has 47 heavy (non-hydrogen) atoms. The van der Waals surface area contributed by atoms with Crippen LogP contribution in [0.4, 0.5) is 17.2 Å². The van der Waals surface area contributed by atoms with Crippen LogP contribution in [0.3, 0.4) is 0 Å². The highest BCUT2D eigenvalue weighted by Crippen LogP contribution is 2.36. The molecule has 0 radical (unpaired) electrons. The third-order valence-electron chi connectivity index (χ3n) is 10.0. The maximum absolute atomic E-state index is 14.0. The van der Waals surface area contributed by atoms with Crippen LogP contribution in [0.1, 0.15) is 71.4 Å². The first-order valence-corrected chi connectivity index (χ1v) is 16.7. The monoisotopic (exact) mass is 634 g/mol. The Morgan fingerprint density at radius 1 is 1.00 bits per heavy atom. The van der Waals surface area contributed by atoms with E-state index in [1.54, 1.807) is 18.1 Å². The number of carbonyl (C=O) groups is 2. The SMILES string of the molecule is CC(=O)OCc1c(-c2cc(Nc3ccc(C4CCN(C)CC4)cn3)c(=O)n(C)c2)cccc1N1CCn2c(cc3c2CCCC3)C1=O. The summed E-state index contributed by atoms with van der Waals surface area (Å²) in [5.41, 5.74) is 7.66. The van der Waals surface area contributed by atoms with Gasteiger partial charge >= 0.3 is 5.97 Å². The Balaban J connectivity index is 1.21. The number of anilines is 3. The number of aryl methyl sites for hydroxylation is 2. The first-order valence-electron chi connectivity index (χ1n) is 16.7. The van der Waals surface area contributed by atoms with Crippen LogP contribution in [0, 0.1) is 0 Å². The van der Waals surface area contributed by atoms with Crippen LogP contribution >= 0.6 is 0 Å².